The zero-order chi connectivity index (χ0) is 27.0. The van der Waals surface area contributed by atoms with E-state index in [9.17, 15) is 34.8 Å². The third-order valence-electron chi connectivity index (χ3n) is 5.66. The van der Waals surface area contributed by atoms with Gasteiger partial charge in [0.25, 0.3) is 10.0 Å². The minimum absolute atomic E-state index is 0.0608. The summed E-state index contributed by atoms with van der Waals surface area (Å²) in [5.41, 5.74) is -2.30. The van der Waals surface area contributed by atoms with Gasteiger partial charge in [0, 0.05) is 12.2 Å². The number of nitrogens with zero attached hydrogens (tertiary/aromatic N) is 2. The molecule has 1 aliphatic heterocycles. The van der Waals surface area contributed by atoms with Gasteiger partial charge in [-0.25, -0.2) is 13.4 Å². The number of anilines is 1. The molecule has 1 aliphatic rings. The fourth-order valence-corrected chi connectivity index (χ4v) is 5.43. The molecule has 4 rings (SSSR count). The molecule has 0 bridgehead atoms. The molecule has 3 aromatic rings. The fourth-order valence-electron chi connectivity index (χ4n) is 3.88. The second-order valence-electron chi connectivity index (χ2n) is 8.26. The number of hydrogen-bond donors (Lipinski definition) is 1. The monoisotopic (exact) mass is 546 g/mol. The number of rotatable bonds is 6. The van der Waals surface area contributed by atoms with Crippen molar-refractivity contribution < 1.29 is 44.6 Å². The molecule has 2 heterocycles. The number of aliphatic hydroxyl groups is 1. The number of benzene rings is 2. The average Bonchev–Trinajstić information content (AvgIpc) is 2.85. The highest BCUT2D eigenvalue weighted by atomic mass is 32.2. The van der Waals surface area contributed by atoms with E-state index in [1.165, 1.54) is 24.3 Å². The normalized spacial score (nSPS) is 16.3. The number of aliphatic hydroxyl groups excluding tert-OH is 1. The maximum Gasteiger partial charge on any atom is 0.433 e. The summed E-state index contributed by atoms with van der Waals surface area (Å²) in [7, 11) is -4.56. The topological polar surface area (TPSA) is 79.7 Å². The van der Waals surface area contributed by atoms with E-state index in [0.717, 1.165) is 34.6 Å². The third-order valence-corrected chi connectivity index (χ3v) is 7.44. The highest BCUT2D eigenvalue weighted by Gasteiger charge is 2.37. The molecule has 1 unspecified atom stereocenters. The molecule has 0 spiro atoms. The van der Waals surface area contributed by atoms with Gasteiger partial charge in [-0.3, -0.25) is 4.31 Å². The van der Waals surface area contributed by atoms with Crippen LogP contribution in [0.15, 0.2) is 65.6 Å². The Morgan fingerprint density at radius 2 is 1.70 bits per heavy atom. The third kappa shape index (κ3) is 5.67. The first kappa shape index (κ1) is 26.7. The standard InChI is InChI=1S/C24H20F6N2O4S/c25-23(26,27)16-4-1-6-18(13-16)37(34,35)32-14-17(5-3-11-33)36-21-10-9-15(12-20(21)32)19-7-2-8-22(31-19)24(28,29)30/h1-2,4,6-10,12-13,17,33H,3,5,11,14H2. The predicted octanol–water partition coefficient (Wildman–Crippen LogP) is 5.52. The van der Waals surface area contributed by atoms with E-state index in [0.29, 0.717) is 6.07 Å². The number of alkyl halides is 6. The molecule has 0 saturated carbocycles. The van der Waals surface area contributed by atoms with Crippen molar-refractivity contribution in [3.63, 3.8) is 0 Å². The molecule has 0 amide bonds. The van der Waals surface area contributed by atoms with Crippen LogP contribution >= 0.6 is 0 Å². The zero-order valence-electron chi connectivity index (χ0n) is 18.9. The number of pyridine rings is 1. The van der Waals surface area contributed by atoms with E-state index >= 15 is 0 Å². The Morgan fingerprint density at radius 1 is 0.973 bits per heavy atom. The van der Waals surface area contributed by atoms with Crippen molar-refractivity contribution in [2.24, 2.45) is 0 Å². The molecule has 0 saturated heterocycles. The first-order valence-corrected chi connectivity index (χ1v) is 12.4. The number of fused-ring (bicyclic) bond motifs is 1. The van der Waals surface area contributed by atoms with Gasteiger partial charge < -0.3 is 9.84 Å². The lowest BCUT2D eigenvalue weighted by molar-refractivity contribution is -0.141. The molecular formula is C24H20F6N2O4S. The molecule has 1 atom stereocenters. The van der Waals surface area contributed by atoms with Gasteiger partial charge in [-0.2, -0.15) is 26.3 Å². The lowest BCUT2D eigenvalue weighted by Gasteiger charge is -2.36. The first-order chi connectivity index (χ1) is 17.3. The molecule has 6 nitrogen and oxygen atoms in total. The number of hydrogen-bond acceptors (Lipinski definition) is 5. The molecule has 1 aromatic heterocycles. The van der Waals surface area contributed by atoms with E-state index in [1.54, 1.807) is 0 Å². The average molecular weight is 546 g/mol. The van der Waals surface area contributed by atoms with Crippen molar-refractivity contribution in [2.45, 2.75) is 36.2 Å². The number of sulfonamides is 1. The van der Waals surface area contributed by atoms with Crippen molar-refractivity contribution in [2.75, 3.05) is 17.5 Å². The SMILES string of the molecule is O=S(=O)(c1cccc(C(F)(F)F)c1)N1CC(CCCO)Oc2ccc(-c3cccc(C(F)(F)F)n3)cc21. The van der Waals surface area contributed by atoms with Crippen molar-refractivity contribution in [1.82, 2.24) is 4.98 Å². The van der Waals surface area contributed by atoms with Gasteiger partial charge in [0.05, 0.1) is 28.4 Å². The van der Waals surface area contributed by atoms with Gasteiger partial charge in [-0.15, -0.1) is 0 Å². The second kappa shape index (κ2) is 9.86. The maximum atomic E-state index is 13.6. The number of halogens is 6. The Labute approximate surface area is 208 Å². The van der Waals surface area contributed by atoms with Gasteiger partial charge in [0.15, 0.2) is 0 Å². The van der Waals surface area contributed by atoms with Gasteiger partial charge in [-0.05, 0) is 61.4 Å². The summed E-state index contributed by atoms with van der Waals surface area (Å²) in [6, 6.07) is 10.6. The molecule has 0 aliphatic carbocycles. The Balaban J connectivity index is 1.82. The molecular weight excluding hydrogens is 526 g/mol. The number of aromatic nitrogens is 1. The van der Waals surface area contributed by atoms with Crippen LogP contribution in [-0.4, -0.2) is 37.8 Å². The number of ether oxygens (including phenoxy) is 1. The van der Waals surface area contributed by atoms with Crippen LogP contribution < -0.4 is 9.04 Å². The van der Waals surface area contributed by atoms with E-state index in [2.05, 4.69) is 4.98 Å². The van der Waals surface area contributed by atoms with E-state index < -0.39 is 44.6 Å². The molecule has 1 N–H and O–H groups in total. The summed E-state index contributed by atoms with van der Waals surface area (Å²) < 4.78 is 113. The van der Waals surface area contributed by atoms with Crippen LogP contribution in [0.4, 0.5) is 32.0 Å². The van der Waals surface area contributed by atoms with Crippen LogP contribution in [0.3, 0.4) is 0 Å². The zero-order valence-corrected chi connectivity index (χ0v) is 19.7. The largest absolute Gasteiger partial charge is 0.486 e. The van der Waals surface area contributed by atoms with Crippen LogP contribution in [-0.2, 0) is 22.4 Å². The van der Waals surface area contributed by atoms with Gasteiger partial charge in [0.1, 0.15) is 17.5 Å². The van der Waals surface area contributed by atoms with Crippen molar-refractivity contribution >= 4 is 15.7 Å². The quantitative estimate of drug-likeness (QED) is 0.413. The lowest BCUT2D eigenvalue weighted by Crippen LogP contribution is -2.43. The van der Waals surface area contributed by atoms with Crippen LogP contribution in [0.2, 0.25) is 0 Å². The highest BCUT2D eigenvalue weighted by molar-refractivity contribution is 7.92. The highest BCUT2D eigenvalue weighted by Crippen LogP contribution is 2.41. The maximum absolute atomic E-state index is 13.6. The molecule has 198 valence electrons. The Morgan fingerprint density at radius 3 is 2.38 bits per heavy atom. The summed E-state index contributed by atoms with van der Waals surface area (Å²) in [6.45, 7) is -0.474. The summed E-state index contributed by atoms with van der Waals surface area (Å²) in [4.78, 5) is 3.00. The van der Waals surface area contributed by atoms with Crippen molar-refractivity contribution in [3.8, 4) is 17.0 Å². The Hall–Kier alpha value is -3.32. The summed E-state index contributed by atoms with van der Waals surface area (Å²) in [5.74, 6) is 0.0699. The van der Waals surface area contributed by atoms with Crippen molar-refractivity contribution in [3.05, 3.63) is 71.9 Å². The fraction of sp³-hybridized carbons (Fsp3) is 0.292. The smallest absolute Gasteiger partial charge is 0.433 e. The predicted molar refractivity (Wildman–Crippen MR) is 121 cm³/mol. The minimum atomic E-state index is -4.78. The molecule has 2 aromatic carbocycles. The van der Waals surface area contributed by atoms with Crippen LogP contribution in [0.5, 0.6) is 5.75 Å². The summed E-state index contributed by atoms with van der Waals surface area (Å²) in [6.07, 6.45) is -9.67. The van der Waals surface area contributed by atoms with Crippen LogP contribution in [0.25, 0.3) is 11.3 Å². The second-order valence-corrected chi connectivity index (χ2v) is 10.1. The van der Waals surface area contributed by atoms with Crippen molar-refractivity contribution in [1.29, 1.82) is 0 Å². The van der Waals surface area contributed by atoms with E-state index in [4.69, 9.17) is 9.84 Å². The molecule has 37 heavy (non-hydrogen) atoms. The van der Waals surface area contributed by atoms with Gasteiger partial charge >= 0.3 is 12.4 Å². The molecule has 13 heteroatoms. The van der Waals surface area contributed by atoms with Crippen LogP contribution in [0.1, 0.15) is 24.1 Å². The summed E-state index contributed by atoms with van der Waals surface area (Å²) >= 11 is 0. The molecule has 0 radical (unpaired) electrons. The Bertz CT molecular complexity index is 1390. The minimum Gasteiger partial charge on any atom is -0.486 e. The van der Waals surface area contributed by atoms with E-state index in [-0.39, 0.29) is 48.7 Å². The van der Waals surface area contributed by atoms with E-state index in [1.807, 2.05) is 0 Å². The summed E-state index contributed by atoms with van der Waals surface area (Å²) in [5, 5.41) is 9.16. The van der Waals surface area contributed by atoms with Gasteiger partial charge in [0.2, 0.25) is 0 Å². The molecule has 0 fully saturated rings. The van der Waals surface area contributed by atoms with Crippen LogP contribution in [0, 0.1) is 0 Å². The Kier molecular flexibility index (Phi) is 7.12. The van der Waals surface area contributed by atoms with Gasteiger partial charge in [-0.1, -0.05) is 12.1 Å². The lowest BCUT2D eigenvalue weighted by atomic mass is 10.1. The first-order valence-electron chi connectivity index (χ1n) is 11.0.